The molecule has 1 saturated heterocycles. The van der Waals surface area contributed by atoms with Crippen LogP contribution in [-0.2, 0) is 16.1 Å². The minimum absolute atomic E-state index is 0.000215. The summed E-state index contributed by atoms with van der Waals surface area (Å²) in [5.74, 6) is 0.378. The Morgan fingerprint density at radius 2 is 1.82 bits per heavy atom. The summed E-state index contributed by atoms with van der Waals surface area (Å²) in [5, 5.41) is 12.2. The molecule has 1 spiro atoms. The molecule has 1 N–H and O–H groups in total. The zero-order valence-electron chi connectivity index (χ0n) is 23.4. The lowest BCUT2D eigenvalue weighted by molar-refractivity contribution is -0.163. The zero-order chi connectivity index (χ0) is 27.6. The van der Waals surface area contributed by atoms with E-state index >= 15 is 0 Å². The molecule has 1 unspecified atom stereocenters. The van der Waals surface area contributed by atoms with Crippen LogP contribution in [0.2, 0.25) is 0 Å². The number of carbonyl (C=O) groups is 2. The normalized spacial score (nSPS) is 23.4. The van der Waals surface area contributed by atoms with Crippen molar-refractivity contribution in [2.24, 2.45) is 17.3 Å². The SMILES string of the molecule is CCOC(=O)c1cn(C[C@]2(O)CCN(C(=O)C(C)CC3CCC3)CC23CCCC3)c(=O)cc1-c1ccccc1. The number of ether oxygens (including phenoxy) is 1. The number of nitrogens with zero attached hydrogens (tertiary/aromatic N) is 2. The fourth-order valence-electron chi connectivity index (χ4n) is 7.13. The highest BCUT2D eigenvalue weighted by molar-refractivity contribution is 5.96. The summed E-state index contributed by atoms with van der Waals surface area (Å²) in [7, 11) is 0. The highest BCUT2D eigenvalue weighted by atomic mass is 16.5. The van der Waals surface area contributed by atoms with Crippen LogP contribution in [0.5, 0.6) is 0 Å². The number of aliphatic hydroxyl groups is 1. The maximum Gasteiger partial charge on any atom is 0.340 e. The second-order valence-electron chi connectivity index (χ2n) is 12.1. The van der Waals surface area contributed by atoms with Crippen molar-refractivity contribution in [2.45, 2.75) is 83.8 Å². The van der Waals surface area contributed by atoms with Crippen LogP contribution in [0, 0.1) is 17.3 Å². The first-order valence-corrected chi connectivity index (χ1v) is 14.7. The van der Waals surface area contributed by atoms with Crippen LogP contribution in [0.25, 0.3) is 11.1 Å². The molecule has 2 aromatic rings. The van der Waals surface area contributed by atoms with E-state index in [9.17, 15) is 19.5 Å². The predicted molar refractivity (Wildman–Crippen MR) is 150 cm³/mol. The van der Waals surface area contributed by atoms with Gasteiger partial charge in [0.05, 0.1) is 24.3 Å². The topological polar surface area (TPSA) is 88.8 Å². The van der Waals surface area contributed by atoms with E-state index in [2.05, 4.69) is 0 Å². The molecule has 3 fully saturated rings. The Morgan fingerprint density at radius 3 is 2.46 bits per heavy atom. The zero-order valence-corrected chi connectivity index (χ0v) is 23.4. The van der Waals surface area contributed by atoms with Crippen LogP contribution in [0.4, 0.5) is 0 Å². The van der Waals surface area contributed by atoms with Crippen LogP contribution in [0.15, 0.2) is 47.4 Å². The maximum atomic E-state index is 13.4. The number of benzene rings is 1. The van der Waals surface area contributed by atoms with Gasteiger partial charge in [0.1, 0.15) is 0 Å². The molecule has 3 aliphatic rings. The molecule has 2 heterocycles. The number of rotatable bonds is 8. The summed E-state index contributed by atoms with van der Waals surface area (Å²) in [6, 6.07) is 10.8. The number of hydrogen-bond donors (Lipinski definition) is 1. The molecule has 39 heavy (non-hydrogen) atoms. The van der Waals surface area contributed by atoms with Gasteiger partial charge in [-0.3, -0.25) is 9.59 Å². The van der Waals surface area contributed by atoms with Gasteiger partial charge in [-0.15, -0.1) is 0 Å². The van der Waals surface area contributed by atoms with E-state index < -0.39 is 17.0 Å². The van der Waals surface area contributed by atoms with E-state index in [4.69, 9.17) is 4.74 Å². The standard InChI is InChI=1S/C32H42N2O5/c1-3-39-30(37)27-20-34(28(35)19-26(27)25-12-5-4-6-13-25)22-32(38)16-17-33(21-31(32)14-7-8-15-31)29(36)23(2)18-24-10-9-11-24/h4-6,12-13,19-20,23-24,38H,3,7-11,14-18,21-22H2,1-2H3/t23?,32-/m1/s1. The molecule has 5 rings (SSSR count). The molecule has 2 atom stereocenters. The van der Waals surface area contributed by atoms with E-state index in [0.29, 0.717) is 36.6 Å². The lowest BCUT2D eigenvalue weighted by Crippen LogP contribution is -2.62. The van der Waals surface area contributed by atoms with Crippen molar-refractivity contribution >= 4 is 11.9 Å². The Labute approximate surface area is 231 Å². The quantitative estimate of drug-likeness (QED) is 0.479. The average Bonchev–Trinajstić information content (AvgIpc) is 3.39. The fraction of sp³-hybridized carbons (Fsp3) is 0.594. The van der Waals surface area contributed by atoms with E-state index in [1.807, 2.05) is 42.2 Å². The lowest BCUT2D eigenvalue weighted by Gasteiger charge is -2.53. The van der Waals surface area contributed by atoms with Gasteiger partial charge in [-0.05, 0) is 44.1 Å². The van der Waals surface area contributed by atoms with Crippen molar-refractivity contribution in [3.05, 3.63) is 58.5 Å². The summed E-state index contributed by atoms with van der Waals surface area (Å²) >= 11 is 0. The molecule has 7 nitrogen and oxygen atoms in total. The van der Waals surface area contributed by atoms with Gasteiger partial charge in [0.25, 0.3) is 5.56 Å². The molecule has 0 bridgehead atoms. The molecule has 210 valence electrons. The van der Waals surface area contributed by atoms with E-state index in [1.165, 1.54) is 29.9 Å². The van der Waals surface area contributed by atoms with Crippen LogP contribution in [0.3, 0.4) is 0 Å². The number of pyridine rings is 1. The molecule has 1 aromatic carbocycles. The lowest BCUT2D eigenvalue weighted by atomic mass is 9.65. The van der Waals surface area contributed by atoms with E-state index in [-0.39, 0.29) is 30.5 Å². The van der Waals surface area contributed by atoms with Crippen molar-refractivity contribution in [1.82, 2.24) is 9.47 Å². The van der Waals surface area contributed by atoms with Crippen LogP contribution in [-0.4, -0.2) is 51.7 Å². The Morgan fingerprint density at radius 1 is 1.10 bits per heavy atom. The molecule has 1 aliphatic heterocycles. The third-order valence-electron chi connectivity index (χ3n) is 9.62. The summed E-state index contributed by atoms with van der Waals surface area (Å²) in [6.07, 6.45) is 10.3. The van der Waals surface area contributed by atoms with Crippen molar-refractivity contribution in [3.63, 3.8) is 0 Å². The van der Waals surface area contributed by atoms with E-state index in [1.54, 1.807) is 13.1 Å². The first-order chi connectivity index (χ1) is 18.7. The minimum Gasteiger partial charge on any atom is -0.462 e. The number of aromatic nitrogens is 1. The second-order valence-corrected chi connectivity index (χ2v) is 12.1. The predicted octanol–water partition coefficient (Wildman–Crippen LogP) is 5.04. The molecular formula is C32H42N2O5. The molecule has 7 heteroatoms. The number of esters is 1. The number of carbonyl (C=O) groups excluding carboxylic acids is 2. The van der Waals surface area contributed by atoms with Gasteiger partial charge in [-0.25, -0.2) is 4.79 Å². The smallest absolute Gasteiger partial charge is 0.340 e. The minimum atomic E-state index is -1.15. The van der Waals surface area contributed by atoms with Gasteiger partial charge in [-0.1, -0.05) is 69.4 Å². The average molecular weight is 535 g/mol. The van der Waals surface area contributed by atoms with Crippen LogP contribution >= 0.6 is 0 Å². The van der Waals surface area contributed by atoms with Gasteiger partial charge in [-0.2, -0.15) is 0 Å². The molecule has 0 radical (unpaired) electrons. The van der Waals surface area contributed by atoms with Crippen molar-refractivity contribution in [2.75, 3.05) is 19.7 Å². The molecular weight excluding hydrogens is 492 g/mol. The highest BCUT2D eigenvalue weighted by Crippen LogP contribution is 2.52. The van der Waals surface area contributed by atoms with E-state index in [0.717, 1.165) is 37.7 Å². The fourth-order valence-corrected chi connectivity index (χ4v) is 7.13. The summed E-state index contributed by atoms with van der Waals surface area (Å²) in [6.45, 7) is 5.13. The Balaban J connectivity index is 1.42. The number of likely N-dealkylation sites (tertiary alicyclic amines) is 1. The Bertz CT molecular complexity index is 1240. The number of amides is 1. The Hall–Kier alpha value is -2.93. The second kappa shape index (κ2) is 11.3. The largest absolute Gasteiger partial charge is 0.462 e. The molecule has 2 aliphatic carbocycles. The molecule has 1 aromatic heterocycles. The molecule has 1 amide bonds. The third-order valence-corrected chi connectivity index (χ3v) is 9.62. The molecule has 2 saturated carbocycles. The van der Waals surface area contributed by atoms with Gasteiger partial charge in [0, 0.05) is 42.2 Å². The van der Waals surface area contributed by atoms with Gasteiger partial charge in [0.2, 0.25) is 5.91 Å². The first kappa shape index (κ1) is 27.6. The van der Waals surface area contributed by atoms with Gasteiger partial charge < -0.3 is 19.3 Å². The number of piperidine rings is 1. The van der Waals surface area contributed by atoms with Gasteiger partial charge >= 0.3 is 5.97 Å². The highest BCUT2D eigenvalue weighted by Gasteiger charge is 2.55. The van der Waals surface area contributed by atoms with Crippen LogP contribution in [0.1, 0.15) is 82.0 Å². The summed E-state index contributed by atoms with van der Waals surface area (Å²) in [5.41, 5.74) is -0.280. The van der Waals surface area contributed by atoms with Gasteiger partial charge in [0.15, 0.2) is 0 Å². The summed E-state index contributed by atoms with van der Waals surface area (Å²) < 4.78 is 6.82. The van der Waals surface area contributed by atoms with Crippen molar-refractivity contribution < 1.29 is 19.4 Å². The number of hydrogen-bond acceptors (Lipinski definition) is 5. The Kier molecular flexibility index (Phi) is 7.99. The maximum absolute atomic E-state index is 13.4. The monoisotopic (exact) mass is 534 g/mol. The summed E-state index contributed by atoms with van der Waals surface area (Å²) in [4.78, 5) is 41.8. The van der Waals surface area contributed by atoms with Crippen LogP contribution < -0.4 is 5.56 Å². The first-order valence-electron chi connectivity index (χ1n) is 14.7. The van der Waals surface area contributed by atoms with Crippen molar-refractivity contribution in [3.8, 4) is 11.1 Å². The third kappa shape index (κ3) is 5.43. The van der Waals surface area contributed by atoms with Crippen molar-refractivity contribution in [1.29, 1.82) is 0 Å².